The summed E-state index contributed by atoms with van der Waals surface area (Å²) in [5.74, 6) is 0.691. The number of benzene rings is 1. The first-order valence-corrected chi connectivity index (χ1v) is 7.65. The number of nitrogens with zero attached hydrogens (tertiary/aromatic N) is 1. The highest BCUT2D eigenvalue weighted by Gasteiger charge is 2.20. The molecule has 0 amide bonds. The van der Waals surface area contributed by atoms with Crippen molar-refractivity contribution in [1.82, 2.24) is 0 Å². The van der Waals surface area contributed by atoms with Gasteiger partial charge in [0.25, 0.3) is 0 Å². The summed E-state index contributed by atoms with van der Waals surface area (Å²) in [7, 11) is 1.78. The second kappa shape index (κ2) is 6.68. The summed E-state index contributed by atoms with van der Waals surface area (Å²) in [5, 5.41) is 0. The minimum absolute atomic E-state index is 0.436. The molecule has 0 bridgehead atoms. The van der Waals surface area contributed by atoms with E-state index in [9.17, 15) is 0 Å². The average molecular weight is 343 g/mol. The van der Waals surface area contributed by atoms with Crippen LogP contribution in [0.15, 0.2) is 22.7 Å². The Kier molecular flexibility index (Phi) is 5.19. The van der Waals surface area contributed by atoms with Crippen LogP contribution >= 0.6 is 28.1 Å². The number of anilines is 1. The van der Waals surface area contributed by atoms with Crippen LogP contribution in [0, 0.1) is 5.92 Å². The molecule has 2 N–H and O–H groups in total. The van der Waals surface area contributed by atoms with Gasteiger partial charge in [-0.3, -0.25) is 0 Å². The molecule has 0 saturated carbocycles. The third kappa shape index (κ3) is 3.68. The molecule has 0 aliphatic carbocycles. The fourth-order valence-electron chi connectivity index (χ4n) is 2.49. The quantitative estimate of drug-likeness (QED) is 0.853. The molecule has 2 rings (SSSR count). The predicted octanol–water partition coefficient (Wildman–Crippen LogP) is 2.95. The second-order valence-electron chi connectivity index (χ2n) is 4.92. The molecule has 1 fully saturated rings. The molecule has 5 heteroatoms. The average Bonchev–Trinajstić information content (AvgIpc) is 2.40. The van der Waals surface area contributed by atoms with Gasteiger partial charge in [0.15, 0.2) is 0 Å². The second-order valence-corrected chi connectivity index (χ2v) is 6.21. The first-order chi connectivity index (χ1) is 9.11. The molecular formula is C14H19BrN2OS. The molecule has 0 radical (unpaired) electrons. The number of halogens is 1. The Hall–Kier alpha value is -0.650. The number of piperidine rings is 1. The number of hydrogen-bond acceptors (Lipinski definition) is 3. The molecule has 1 heterocycles. The van der Waals surface area contributed by atoms with E-state index in [-0.39, 0.29) is 0 Å². The van der Waals surface area contributed by atoms with Gasteiger partial charge in [0.1, 0.15) is 4.99 Å². The summed E-state index contributed by atoms with van der Waals surface area (Å²) in [6, 6.07) is 6.08. The first kappa shape index (κ1) is 14.8. The number of thiocarbonyl (C=S) groups is 1. The number of nitrogens with two attached hydrogens (primary N) is 1. The van der Waals surface area contributed by atoms with Crippen LogP contribution < -0.4 is 10.6 Å². The van der Waals surface area contributed by atoms with E-state index in [4.69, 9.17) is 22.7 Å². The van der Waals surface area contributed by atoms with Crippen molar-refractivity contribution < 1.29 is 4.74 Å². The zero-order valence-corrected chi connectivity index (χ0v) is 13.5. The van der Waals surface area contributed by atoms with Gasteiger partial charge in [-0.2, -0.15) is 0 Å². The van der Waals surface area contributed by atoms with E-state index in [1.165, 1.54) is 18.5 Å². The van der Waals surface area contributed by atoms with Crippen LogP contribution in [-0.2, 0) is 4.74 Å². The van der Waals surface area contributed by atoms with E-state index in [1.807, 2.05) is 12.1 Å². The Balaban J connectivity index is 2.05. The maximum atomic E-state index is 5.65. The van der Waals surface area contributed by atoms with Crippen LogP contribution in [0.1, 0.15) is 18.4 Å². The monoisotopic (exact) mass is 342 g/mol. The fourth-order valence-corrected chi connectivity index (χ4v) is 3.25. The van der Waals surface area contributed by atoms with Crippen molar-refractivity contribution in [2.24, 2.45) is 11.7 Å². The van der Waals surface area contributed by atoms with Gasteiger partial charge in [0.05, 0.1) is 5.69 Å². The zero-order chi connectivity index (χ0) is 13.8. The highest BCUT2D eigenvalue weighted by Crippen LogP contribution is 2.30. The van der Waals surface area contributed by atoms with Gasteiger partial charge in [-0.05, 0) is 52.9 Å². The molecule has 1 aromatic carbocycles. The smallest absolute Gasteiger partial charge is 0.104 e. The maximum Gasteiger partial charge on any atom is 0.104 e. The van der Waals surface area contributed by atoms with E-state index in [0.717, 1.165) is 29.7 Å². The summed E-state index contributed by atoms with van der Waals surface area (Å²) >= 11 is 8.61. The number of rotatable bonds is 4. The van der Waals surface area contributed by atoms with Crippen LogP contribution in [-0.4, -0.2) is 31.8 Å². The Morgan fingerprint density at radius 1 is 1.47 bits per heavy atom. The minimum Gasteiger partial charge on any atom is -0.389 e. The summed E-state index contributed by atoms with van der Waals surface area (Å²) in [6.07, 6.45) is 2.36. The van der Waals surface area contributed by atoms with Gasteiger partial charge in [-0.25, -0.2) is 0 Å². The molecule has 1 aliphatic rings. The van der Waals surface area contributed by atoms with Crippen molar-refractivity contribution in [2.75, 3.05) is 31.7 Å². The summed E-state index contributed by atoms with van der Waals surface area (Å²) in [5.41, 5.74) is 7.77. The van der Waals surface area contributed by atoms with Gasteiger partial charge in [0, 0.05) is 36.8 Å². The first-order valence-electron chi connectivity index (χ1n) is 6.45. The molecule has 0 aromatic heterocycles. The summed E-state index contributed by atoms with van der Waals surface area (Å²) < 4.78 is 6.29. The molecule has 1 aliphatic heterocycles. The molecule has 0 spiro atoms. The van der Waals surface area contributed by atoms with Crippen molar-refractivity contribution in [3.05, 3.63) is 28.2 Å². The third-order valence-corrected chi connectivity index (χ3v) is 4.46. The number of hydrogen-bond donors (Lipinski definition) is 1. The van der Waals surface area contributed by atoms with E-state index in [0.29, 0.717) is 10.9 Å². The van der Waals surface area contributed by atoms with E-state index < -0.39 is 0 Å². The van der Waals surface area contributed by atoms with Gasteiger partial charge in [-0.1, -0.05) is 12.2 Å². The highest BCUT2D eigenvalue weighted by molar-refractivity contribution is 9.10. The lowest BCUT2D eigenvalue weighted by atomic mass is 9.97. The van der Waals surface area contributed by atoms with Crippen LogP contribution in [0.4, 0.5) is 5.69 Å². The van der Waals surface area contributed by atoms with Crippen molar-refractivity contribution >= 4 is 38.8 Å². The van der Waals surface area contributed by atoms with Crippen molar-refractivity contribution in [3.63, 3.8) is 0 Å². The number of ether oxygens (including phenoxy) is 1. The standard InChI is InChI=1S/C14H19BrN2OS/c1-18-9-10-4-6-17(7-5-10)13-3-2-11(14(16)19)8-12(13)15/h2-3,8,10H,4-7,9H2,1H3,(H2,16,19). The van der Waals surface area contributed by atoms with Crippen LogP contribution in [0.25, 0.3) is 0 Å². The molecular weight excluding hydrogens is 324 g/mol. The largest absolute Gasteiger partial charge is 0.389 e. The molecule has 1 aromatic rings. The van der Waals surface area contributed by atoms with Crippen molar-refractivity contribution in [2.45, 2.75) is 12.8 Å². The maximum absolute atomic E-state index is 5.65. The fraction of sp³-hybridized carbons (Fsp3) is 0.500. The van der Waals surface area contributed by atoms with Crippen molar-refractivity contribution in [3.8, 4) is 0 Å². The van der Waals surface area contributed by atoms with E-state index in [2.05, 4.69) is 26.9 Å². The Morgan fingerprint density at radius 3 is 2.68 bits per heavy atom. The Labute approximate surface area is 128 Å². The minimum atomic E-state index is 0.436. The molecule has 0 unspecified atom stereocenters. The highest BCUT2D eigenvalue weighted by atomic mass is 79.9. The SMILES string of the molecule is COCC1CCN(c2ccc(C(N)=S)cc2Br)CC1. The van der Waals surface area contributed by atoms with Crippen LogP contribution in [0.2, 0.25) is 0 Å². The topological polar surface area (TPSA) is 38.5 Å². The molecule has 3 nitrogen and oxygen atoms in total. The van der Waals surface area contributed by atoms with Crippen LogP contribution in [0.3, 0.4) is 0 Å². The third-order valence-electron chi connectivity index (χ3n) is 3.59. The zero-order valence-electron chi connectivity index (χ0n) is 11.1. The Morgan fingerprint density at radius 2 is 2.16 bits per heavy atom. The van der Waals surface area contributed by atoms with Gasteiger partial charge in [0.2, 0.25) is 0 Å². The molecule has 1 saturated heterocycles. The number of methoxy groups -OCH3 is 1. The van der Waals surface area contributed by atoms with Gasteiger partial charge < -0.3 is 15.4 Å². The normalized spacial score (nSPS) is 16.6. The van der Waals surface area contributed by atoms with E-state index >= 15 is 0 Å². The van der Waals surface area contributed by atoms with E-state index in [1.54, 1.807) is 7.11 Å². The Bertz CT molecular complexity index is 459. The van der Waals surface area contributed by atoms with Gasteiger partial charge >= 0.3 is 0 Å². The van der Waals surface area contributed by atoms with Gasteiger partial charge in [-0.15, -0.1) is 0 Å². The summed E-state index contributed by atoms with van der Waals surface area (Å²) in [4.78, 5) is 2.84. The lowest BCUT2D eigenvalue weighted by Crippen LogP contribution is -2.35. The summed E-state index contributed by atoms with van der Waals surface area (Å²) in [6.45, 7) is 3.01. The molecule has 19 heavy (non-hydrogen) atoms. The molecule has 104 valence electrons. The lowest BCUT2D eigenvalue weighted by molar-refractivity contribution is 0.139. The lowest BCUT2D eigenvalue weighted by Gasteiger charge is -2.34. The van der Waals surface area contributed by atoms with Crippen LogP contribution in [0.5, 0.6) is 0 Å². The predicted molar refractivity (Wildman–Crippen MR) is 86.8 cm³/mol. The van der Waals surface area contributed by atoms with Crippen molar-refractivity contribution in [1.29, 1.82) is 0 Å². The molecule has 0 atom stereocenters.